The molecule has 4 aliphatic heterocycles. The maximum absolute atomic E-state index is 2.60. The first kappa shape index (κ1) is 20.4. The van der Waals surface area contributed by atoms with E-state index in [0.29, 0.717) is 13.4 Å². The van der Waals surface area contributed by atoms with Crippen LogP contribution in [0.15, 0.2) is 126 Å². The van der Waals surface area contributed by atoms with Gasteiger partial charge in [0.25, 0.3) is 0 Å². The van der Waals surface area contributed by atoms with Crippen molar-refractivity contribution in [3.05, 3.63) is 108 Å². The van der Waals surface area contributed by atoms with Gasteiger partial charge in [0, 0.05) is 29.4 Å². The Morgan fingerprint density at radius 1 is 0.417 bits per heavy atom. The van der Waals surface area contributed by atoms with Crippen molar-refractivity contribution < 1.29 is 0 Å². The molecule has 0 amide bonds. The van der Waals surface area contributed by atoms with Crippen LogP contribution in [0.1, 0.15) is 11.1 Å². The Bertz CT molecular complexity index is 1650. The molecule has 0 atom stereocenters. The number of hydrogen-bond acceptors (Lipinski definition) is 3. The van der Waals surface area contributed by atoms with Gasteiger partial charge in [-0.15, -0.1) is 0 Å². The highest BCUT2D eigenvalue weighted by atomic mass is 32.2. The lowest BCUT2D eigenvalue weighted by Gasteiger charge is -2.37. The molecule has 9 rings (SSSR count). The van der Waals surface area contributed by atoms with Gasteiger partial charge < -0.3 is 0 Å². The van der Waals surface area contributed by atoms with E-state index in [4.69, 9.17) is 0 Å². The maximum Gasteiger partial charge on any atom is 0.247 e. The van der Waals surface area contributed by atoms with E-state index in [1.807, 2.05) is 35.3 Å². The fraction of sp³-hybridized carbons (Fsp3) is 0.0323. The van der Waals surface area contributed by atoms with E-state index in [9.17, 15) is 0 Å². The lowest BCUT2D eigenvalue weighted by atomic mass is 9.31. The van der Waals surface area contributed by atoms with Crippen LogP contribution >= 0.6 is 35.3 Å². The largest absolute Gasteiger partial charge is 0.247 e. The molecule has 5 aromatic rings. The molecule has 4 aliphatic rings. The lowest BCUT2D eigenvalue weighted by molar-refractivity contribution is 1.17. The van der Waals surface area contributed by atoms with E-state index in [0.717, 1.165) is 6.42 Å². The van der Waals surface area contributed by atoms with E-state index in [1.54, 1.807) is 0 Å². The molecule has 0 saturated carbocycles. The monoisotopic (exact) mass is 508 g/mol. The molecule has 0 bridgehead atoms. The summed E-state index contributed by atoms with van der Waals surface area (Å²) >= 11 is 5.85. The van der Waals surface area contributed by atoms with E-state index in [-0.39, 0.29) is 0 Å². The molecule has 0 spiro atoms. The Morgan fingerprint density at radius 3 is 1.69 bits per heavy atom. The van der Waals surface area contributed by atoms with Crippen molar-refractivity contribution in [2.75, 3.05) is 0 Å². The zero-order chi connectivity index (χ0) is 23.4. The second-order valence-electron chi connectivity index (χ2n) is 10.0. The molecule has 5 aromatic carbocycles. The van der Waals surface area contributed by atoms with Crippen molar-refractivity contribution in [3.8, 4) is 0 Å². The van der Waals surface area contributed by atoms with Gasteiger partial charge in [0.1, 0.15) is 0 Å². The normalized spacial score (nSPS) is 15.2. The van der Waals surface area contributed by atoms with Gasteiger partial charge in [-0.25, -0.2) is 0 Å². The average Bonchev–Trinajstić information content (AvgIpc) is 2.92. The Morgan fingerprint density at radius 2 is 0.972 bits per heavy atom. The van der Waals surface area contributed by atoms with E-state index >= 15 is 0 Å². The van der Waals surface area contributed by atoms with Crippen LogP contribution < -0.4 is 32.8 Å². The molecule has 36 heavy (non-hydrogen) atoms. The number of rotatable bonds is 0. The van der Waals surface area contributed by atoms with E-state index in [1.165, 1.54) is 73.3 Å². The van der Waals surface area contributed by atoms with Gasteiger partial charge in [0.2, 0.25) is 13.4 Å². The molecule has 0 aromatic heterocycles. The number of fused-ring (bicyclic) bond motifs is 8. The fourth-order valence-electron chi connectivity index (χ4n) is 6.68. The minimum Gasteiger partial charge on any atom is -0.0912 e. The van der Waals surface area contributed by atoms with Gasteiger partial charge in [0.05, 0.1) is 0 Å². The zero-order valence-electron chi connectivity index (χ0n) is 19.3. The summed E-state index contributed by atoms with van der Waals surface area (Å²) in [4.78, 5) is 8.50. The van der Waals surface area contributed by atoms with Crippen LogP contribution in [0.25, 0.3) is 0 Å². The predicted octanol–water partition coefficient (Wildman–Crippen LogP) is 4.02. The highest BCUT2D eigenvalue weighted by molar-refractivity contribution is 8.01. The molecule has 4 heterocycles. The summed E-state index contributed by atoms with van der Waals surface area (Å²) in [5, 5.41) is 0. The van der Waals surface area contributed by atoms with Crippen LogP contribution in [0.2, 0.25) is 0 Å². The van der Waals surface area contributed by atoms with Crippen molar-refractivity contribution in [1.82, 2.24) is 0 Å². The van der Waals surface area contributed by atoms with Crippen molar-refractivity contribution in [2.24, 2.45) is 0 Å². The van der Waals surface area contributed by atoms with Crippen LogP contribution in [0.3, 0.4) is 0 Å². The average molecular weight is 508 g/mol. The van der Waals surface area contributed by atoms with Gasteiger partial charge >= 0.3 is 0 Å². The topological polar surface area (TPSA) is 0 Å². The van der Waals surface area contributed by atoms with Gasteiger partial charge in [-0.3, -0.25) is 0 Å². The fourth-order valence-corrected chi connectivity index (χ4v) is 10.3. The second-order valence-corrected chi connectivity index (χ2v) is 13.3. The highest BCUT2D eigenvalue weighted by Crippen LogP contribution is 2.39. The Hall–Kier alpha value is -2.72. The van der Waals surface area contributed by atoms with Crippen LogP contribution in [0, 0.1) is 0 Å². The Kier molecular flexibility index (Phi) is 4.19. The second kappa shape index (κ2) is 7.41. The molecule has 0 nitrogen and oxygen atoms in total. The molecule has 5 heteroatoms. The van der Waals surface area contributed by atoms with Gasteiger partial charge in [-0.1, -0.05) is 123 Å². The minimum absolute atomic E-state index is 0.306. The minimum atomic E-state index is 0.306. The highest BCUT2D eigenvalue weighted by Gasteiger charge is 2.42. The third kappa shape index (κ3) is 2.69. The number of hydrogen-bond donors (Lipinski definition) is 0. The van der Waals surface area contributed by atoms with Gasteiger partial charge in [-0.2, -0.15) is 0 Å². The zero-order valence-corrected chi connectivity index (χ0v) is 21.8. The van der Waals surface area contributed by atoms with Crippen molar-refractivity contribution in [3.63, 3.8) is 0 Å². The van der Waals surface area contributed by atoms with Gasteiger partial charge in [-0.05, 0) is 59.4 Å². The molecule has 166 valence electrons. The summed E-state index contributed by atoms with van der Waals surface area (Å²) in [5.74, 6) is 0. The van der Waals surface area contributed by atoms with Crippen molar-refractivity contribution >= 4 is 81.5 Å². The van der Waals surface area contributed by atoms with Crippen LogP contribution in [0.4, 0.5) is 0 Å². The molecular weight excluding hydrogens is 490 g/mol. The summed E-state index contributed by atoms with van der Waals surface area (Å²) in [6, 6.07) is 37.0. The maximum atomic E-state index is 2.60. The summed E-state index contributed by atoms with van der Waals surface area (Å²) in [5.41, 5.74) is 12.0. The first-order chi connectivity index (χ1) is 17.8. The Balaban J connectivity index is 1.33. The van der Waals surface area contributed by atoms with Crippen molar-refractivity contribution in [1.29, 1.82) is 0 Å². The molecule has 0 unspecified atom stereocenters. The summed E-state index contributed by atoms with van der Waals surface area (Å²) in [6.07, 6.45) is 1.02. The molecule has 0 saturated heterocycles. The van der Waals surface area contributed by atoms with Crippen LogP contribution in [-0.2, 0) is 6.42 Å². The summed E-state index contributed by atoms with van der Waals surface area (Å²) in [7, 11) is 0. The summed E-state index contributed by atoms with van der Waals surface area (Å²) < 4.78 is 0. The predicted molar refractivity (Wildman–Crippen MR) is 157 cm³/mol. The third-order valence-electron chi connectivity index (χ3n) is 8.15. The van der Waals surface area contributed by atoms with Crippen LogP contribution in [-0.4, -0.2) is 13.4 Å². The van der Waals surface area contributed by atoms with E-state index < -0.39 is 0 Å². The number of benzene rings is 5. The van der Waals surface area contributed by atoms with Crippen molar-refractivity contribution in [2.45, 2.75) is 35.8 Å². The quantitative estimate of drug-likeness (QED) is 0.284. The smallest absolute Gasteiger partial charge is 0.0912 e. The molecule has 0 fully saturated rings. The standard InChI is InChI=1S/C31H18B2S3/c1-3-10-24-20(8-1)32-22-17-23-29(16-19(22)15-18-7-5-12-26(34-24)30(18)32)36-28-14-6-13-27-31(28)33(23)21-9-2-4-11-25(21)35-27/h1-14,16-17H,15H2. The van der Waals surface area contributed by atoms with E-state index in [2.05, 4.69) is 97.1 Å². The molecule has 0 aliphatic carbocycles. The molecule has 0 radical (unpaired) electrons. The molecule has 0 N–H and O–H groups in total. The third-order valence-corrected chi connectivity index (χ3v) is 11.6. The first-order valence-electron chi connectivity index (χ1n) is 12.5. The summed E-state index contributed by atoms with van der Waals surface area (Å²) in [6.45, 7) is 0.623. The van der Waals surface area contributed by atoms with Crippen LogP contribution in [0.5, 0.6) is 0 Å². The van der Waals surface area contributed by atoms with Gasteiger partial charge in [0.15, 0.2) is 0 Å². The molecular formula is C31H18B2S3. The first-order valence-corrected chi connectivity index (χ1v) is 14.9. The Labute approximate surface area is 224 Å². The SMILES string of the molecule is c1ccc2c(c1)Sc1cccc3c1B2c1cc2c(cc1C3)Sc1cccc3c1B2c1ccccc1S3. The lowest BCUT2D eigenvalue weighted by Crippen LogP contribution is -2.63.